The summed E-state index contributed by atoms with van der Waals surface area (Å²) in [7, 11) is 0. The number of benzene rings is 5. The van der Waals surface area contributed by atoms with Gasteiger partial charge in [0.1, 0.15) is 35.1 Å². The van der Waals surface area contributed by atoms with Crippen molar-refractivity contribution >= 4 is 33.7 Å². The van der Waals surface area contributed by atoms with Crippen LogP contribution in [0, 0.1) is 69.8 Å². The van der Waals surface area contributed by atoms with Gasteiger partial charge in [-0.3, -0.25) is 0 Å². The molecule has 0 aliphatic carbocycles. The highest BCUT2D eigenvalue weighted by molar-refractivity contribution is 7.20. The van der Waals surface area contributed by atoms with Crippen molar-refractivity contribution in [2.24, 2.45) is 0 Å². The Morgan fingerprint density at radius 2 is 0.646 bits per heavy atom. The van der Waals surface area contributed by atoms with Crippen molar-refractivity contribution in [3.63, 3.8) is 0 Å². The Morgan fingerprint density at radius 1 is 0.375 bits per heavy atom. The van der Waals surface area contributed by atoms with Gasteiger partial charge < -0.3 is 4.90 Å². The Hall–Kier alpha value is -4.72. The minimum absolute atomic E-state index is 0.192. The summed E-state index contributed by atoms with van der Waals surface area (Å²) in [5, 5.41) is 0. The van der Waals surface area contributed by atoms with Crippen LogP contribution in [0.5, 0.6) is 0 Å². The van der Waals surface area contributed by atoms with E-state index in [0.29, 0.717) is 24.3 Å². The van der Waals surface area contributed by atoms with Crippen molar-refractivity contribution < 1.29 is 57.6 Å². The van der Waals surface area contributed by atoms with E-state index in [1.165, 1.54) is 18.8 Å². The van der Waals surface area contributed by atoms with Crippen LogP contribution in [-0.4, -0.2) is 19.2 Å². The molecule has 5 rings (SSSR count). The van der Waals surface area contributed by atoms with Crippen molar-refractivity contribution in [1.82, 2.24) is 0 Å². The van der Waals surface area contributed by atoms with Crippen molar-refractivity contribution in [3.05, 3.63) is 149 Å². The summed E-state index contributed by atoms with van der Waals surface area (Å²) < 4.78 is 174. The lowest BCUT2D eigenvalue weighted by Crippen LogP contribution is -3.06. The molecule has 0 bridgehead atoms. The number of nitrogens with one attached hydrogen (secondary N) is 1. The summed E-state index contributed by atoms with van der Waals surface area (Å²) in [4.78, 5) is 1.55. The van der Waals surface area contributed by atoms with Crippen LogP contribution in [-0.2, 0) is 0 Å². The van der Waals surface area contributed by atoms with E-state index in [-0.39, 0.29) is 24.3 Å². The van der Waals surface area contributed by atoms with Crippen LogP contribution < -0.4 is 26.8 Å². The van der Waals surface area contributed by atoms with E-state index >= 15 is 17.6 Å². The number of hydrogen-bond donors (Lipinski definition) is 1. The minimum Gasteiger partial charge on any atom is -0.303 e. The summed E-state index contributed by atoms with van der Waals surface area (Å²) in [5.74, 6) is -25.8. The number of hydrogen-bond acceptors (Lipinski definition) is 0. The summed E-state index contributed by atoms with van der Waals surface area (Å²) in [6.45, 7) is 6.76. The van der Waals surface area contributed by atoms with Gasteiger partial charge in [0.2, 0.25) is 0 Å². The van der Waals surface area contributed by atoms with Crippen LogP contribution in [0.3, 0.4) is 0 Å². The normalized spacial score (nSPS) is 11.5. The molecule has 0 heterocycles. The fraction of sp³-hybridized carbons (Fsp3) is 0.118. The van der Waals surface area contributed by atoms with Gasteiger partial charge in [0.15, 0.2) is 46.5 Å². The smallest absolute Gasteiger partial charge is 0.191 e. The molecular formula is C34H24BF12N. The highest BCUT2D eigenvalue weighted by Gasteiger charge is 2.43. The molecule has 0 saturated carbocycles. The first-order valence-corrected chi connectivity index (χ1v) is 14.3. The first-order valence-electron chi connectivity index (χ1n) is 14.3. The predicted molar refractivity (Wildman–Crippen MR) is 158 cm³/mol. The van der Waals surface area contributed by atoms with Crippen molar-refractivity contribution in [3.8, 4) is 0 Å². The van der Waals surface area contributed by atoms with Gasteiger partial charge in [-0.1, -0.05) is 42.5 Å². The van der Waals surface area contributed by atoms with Gasteiger partial charge in [0.05, 0.1) is 13.1 Å². The predicted octanol–water partition coefficient (Wildman–Crippen LogP) is 5.98. The molecule has 5 aromatic rings. The van der Waals surface area contributed by atoms with Gasteiger partial charge in [0, 0.05) is 0 Å². The van der Waals surface area contributed by atoms with Gasteiger partial charge in [-0.05, 0) is 50.2 Å². The van der Waals surface area contributed by atoms with Gasteiger partial charge in [-0.15, -0.1) is 0 Å². The van der Waals surface area contributed by atoms with Gasteiger partial charge in [-0.25, -0.2) is 52.7 Å². The summed E-state index contributed by atoms with van der Waals surface area (Å²) in [6.07, 6.45) is -4.58. The Labute approximate surface area is 267 Å². The molecule has 1 N–H and O–H groups in total. The van der Waals surface area contributed by atoms with E-state index in [9.17, 15) is 35.1 Å². The first-order chi connectivity index (χ1) is 22.7. The average molecular weight is 685 g/mol. The maximum Gasteiger partial charge on any atom is 0.191 e. The number of quaternary nitrogens is 1. The molecule has 0 radical (unpaired) electrons. The fourth-order valence-electron chi connectivity index (χ4n) is 5.84. The fourth-order valence-corrected chi connectivity index (χ4v) is 5.84. The molecule has 252 valence electrons. The van der Waals surface area contributed by atoms with E-state index in [2.05, 4.69) is 44.2 Å². The zero-order valence-electron chi connectivity index (χ0n) is 25.0. The van der Waals surface area contributed by atoms with Crippen LogP contribution in [0.25, 0.3) is 0 Å². The monoisotopic (exact) mass is 685 g/mol. The zero-order chi connectivity index (χ0) is 35.5. The Bertz CT molecular complexity index is 1710. The van der Waals surface area contributed by atoms with Crippen molar-refractivity contribution in [1.29, 1.82) is 0 Å². The summed E-state index contributed by atoms with van der Waals surface area (Å²) in [5.41, 5.74) is -4.27. The number of para-hydroxylation sites is 1. The molecule has 0 fully saturated rings. The summed E-state index contributed by atoms with van der Waals surface area (Å²) >= 11 is 0. The molecule has 1 nitrogen and oxygen atoms in total. The molecule has 0 aromatic heterocycles. The van der Waals surface area contributed by atoms with E-state index in [1.54, 1.807) is 4.90 Å². The Balaban J connectivity index is 0.000000401. The molecule has 0 amide bonds. The van der Waals surface area contributed by atoms with Crippen molar-refractivity contribution in [2.45, 2.75) is 13.8 Å². The number of rotatable bonds is 7. The third-order valence-corrected chi connectivity index (χ3v) is 8.16. The number of halogens is 12. The van der Waals surface area contributed by atoms with E-state index in [4.69, 9.17) is 0 Å². The van der Waals surface area contributed by atoms with Crippen LogP contribution in [0.15, 0.2) is 78.9 Å². The van der Waals surface area contributed by atoms with Crippen LogP contribution in [0.2, 0.25) is 0 Å². The van der Waals surface area contributed by atoms with Gasteiger partial charge in [-0.2, -0.15) is 21.9 Å². The van der Waals surface area contributed by atoms with Crippen LogP contribution in [0.4, 0.5) is 58.4 Å². The second-order valence-electron chi connectivity index (χ2n) is 10.6. The highest BCUT2D eigenvalue weighted by Crippen LogP contribution is 2.23. The molecule has 5 aromatic carbocycles. The van der Waals surface area contributed by atoms with E-state index < -0.39 is 97.8 Å². The largest absolute Gasteiger partial charge is 0.303 e. The molecule has 14 heteroatoms. The average Bonchev–Trinajstić information content (AvgIpc) is 3.08. The molecule has 48 heavy (non-hydrogen) atoms. The Morgan fingerprint density at radius 3 is 0.896 bits per heavy atom. The zero-order valence-corrected chi connectivity index (χ0v) is 25.0. The van der Waals surface area contributed by atoms with Crippen LogP contribution in [0.1, 0.15) is 13.8 Å². The molecule has 0 aliphatic heterocycles. The maximum atomic E-state index is 15.3. The molecule has 0 atom stereocenters. The standard InChI is InChI=1S/C24H8BF12.C10H15N/c26-13-5-1-9(17(30)21(13)34)25(10-2-6-14(27)22(35)18(10)31,11-3-7-15(28)23(36)19(11)32)12-4-8-16(29)24(37)20(12)33;1-3-11(4-2)10-8-6-5-7-9-10/h1-8H;5-9H,3-4H2,1-2H3/q-1;/p+1. The van der Waals surface area contributed by atoms with E-state index in [0.717, 1.165) is 0 Å². The first kappa shape index (κ1) is 36.1. The topological polar surface area (TPSA) is 4.44 Å². The Kier molecular flexibility index (Phi) is 11.0. The lowest BCUT2D eigenvalue weighted by molar-refractivity contribution is -0.828. The molecule has 0 unspecified atom stereocenters. The molecular weight excluding hydrogens is 661 g/mol. The SMILES string of the molecule is CC[NH+](CC)c1ccccc1.Fc1ccc([B-](c2ccc(F)c(F)c2F)(c2ccc(F)c(F)c2F)c2ccc(F)c(F)c2F)c(F)c1F. The summed E-state index contributed by atoms with van der Waals surface area (Å²) in [6, 6.07) is 12.6. The second kappa shape index (κ2) is 14.6. The van der Waals surface area contributed by atoms with Crippen molar-refractivity contribution in [2.75, 3.05) is 13.1 Å². The maximum absolute atomic E-state index is 15.3. The van der Waals surface area contributed by atoms with Gasteiger partial charge in [0.25, 0.3) is 0 Å². The third kappa shape index (κ3) is 6.28. The molecule has 0 spiro atoms. The van der Waals surface area contributed by atoms with Gasteiger partial charge >= 0.3 is 0 Å². The lowest BCUT2D eigenvalue weighted by Gasteiger charge is -2.44. The third-order valence-electron chi connectivity index (χ3n) is 8.16. The van der Waals surface area contributed by atoms with Crippen LogP contribution >= 0.6 is 0 Å². The second-order valence-corrected chi connectivity index (χ2v) is 10.6. The molecule has 0 aliphatic rings. The highest BCUT2D eigenvalue weighted by atomic mass is 19.2. The molecule has 0 saturated heterocycles. The quantitative estimate of drug-likeness (QED) is 0.122. The lowest BCUT2D eigenvalue weighted by atomic mass is 9.12. The van der Waals surface area contributed by atoms with E-state index in [1.807, 2.05) is 0 Å². The minimum atomic E-state index is -4.58.